The van der Waals surface area contributed by atoms with E-state index in [0.29, 0.717) is 6.42 Å². The maximum atomic E-state index is 12.8. The largest absolute Gasteiger partial charge is 0.480 e. The molecule has 3 amide bonds. The molecule has 1 aliphatic rings. The standard InChI is InChI=1S/C20H28N4O5/c21-17(25)10-9-15(20(28)29)23-19(27)16(12-13-6-2-1-3-7-13)24-18(26)14-8-4-5-11-22-14/h1-3,6-7,14-16,22H,4-5,8-12H2,(H2,21,25)(H,23,27)(H,24,26)(H,28,29)/t14-,15-,16+/m0/s1. The fourth-order valence-corrected chi connectivity index (χ4v) is 3.22. The van der Waals surface area contributed by atoms with E-state index in [0.717, 1.165) is 24.9 Å². The van der Waals surface area contributed by atoms with Crippen molar-refractivity contribution in [3.05, 3.63) is 35.9 Å². The summed E-state index contributed by atoms with van der Waals surface area (Å²) in [6, 6.07) is 6.55. The summed E-state index contributed by atoms with van der Waals surface area (Å²) >= 11 is 0. The van der Waals surface area contributed by atoms with Gasteiger partial charge in [0.15, 0.2) is 0 Å². The number of nitrogens with one attached hydrogen (secondary N) is 3. The van der Waals surface area contributed by atoms with Crippen molar-refractivity contribution in [2.24, 2.45) is 5.73 Å². The molecule has 0 unspecified atom stereocenters. The van der Waals surface area contributed by atoms with E-state index in [1.807, 2.05) is 30.3 Å². The molecule has 1 aromatic rings. The number of benzene rings is 1. The van der Waals surface area contributed by atoms with Crippen molar-refractivity contribution in [2.75, 3.05) is 6.54 Å². The van der Waals surface area contributed by atoms with E-state index in [4.69, 9.17) is 5.73 Å². The molecule has 0 saturated carbocycles. The Labute approximate surface area is 169 Å². The molecule has 29 heavy (non-hydrogen) atoms. The van der Waals surface area contributed by atoms with Crippen molar-refractivity contribution in [1.29, 1.82) is 0 Å². The van der Waals surface area contributed by atoms with Crippen molar-refractivity contribution in [2.45, 2.75) is 56.7 Å². The number of hydrogen-bond acceptors (Lipinski definition) is 5. The van der Waals surface area contributed by atoms with Crippen LogP contribution >= 0.6 is 0 Å². The van der Waals surface area contributed by atoms with Gasteiger partial charge in [0.1, 0.15) is 12.1 Å². The van der Waals surface area contributed by atoms with E-state index in [1.165, 1.54) is 0 Å². The second kappa shape index (κ2) is 11.2. The van der Waals surface area contributed by atoms with Crippen molar-refractivity contribution < 1.29 is 24.3 Å². The number of nitrogens with two attached hydrogens (primary N) is 1. The molecule has 9 heteroatoms. The van der Waals surface area contributed by atoms with Crippen LogP contribution < -0.4 is 21.7 Å². The molecule has 0 radical (unpaired) electrons. The van der Waals surface area contributed by atoms with E-state index < -0.39 is 29.9 Å². The van der Waals surface area contributed by atoms with Crippen LogP contribution in [0.5, 0.6) is 0 Å². The van der Waals surface area contributed by atoms with Crippen molar-refractivity contribution in [3.8, 4) is 0 Å². The smallest absolute Gasteiger partial charge is 0.326 e. The van der Waals surface area contributed by atoms with Gasteiger partial charge in [0.25, 0.3) is 0 Å². The molecule has 0 spiro atoms. The Bertz CT molecular complexity index is 719. The molecule has 0 aliphatic carbocycles. The summed E-state index contributed by atoms with van der Waals surface area (Å²) in [5, 5.41) is 17.6. The monoisotopic (exact) mass is 404 g/mol. The quantitative estimate of drug-likeness (QED) is 0.361. The molecular formula is C20H28N4O5. The minimum absolute atomic E-state index is 0.118. The van der Waals surface area contributed by atoms with Gasteiger partial charge >= 0.3 is 5.97 Å². The summed E-state index contributed by atoms with van der Waals surface area (Å²) in [6.07, 6.45) is 2.54. The average molecular weight is 404 g/mol. The third-order valence-electron chi connectivity index (χ3n) is 4.84. The number of piperidine rings is 1. The zero-order valence-electron chi connectivity index (χ0n) is 16.2. The van der Waals surface area contributed by atoms with Gasteiger partial charge < -0.3 is 26.8 Å². The van der Waals surface area contributed by atoms with Crippen LogP contribution in [0.2, 0.25) is 0 Å². The third kappa shape index (κ3) is 7.53. The average Bonchev–Trinajstić information content (AvgIpc) is 2.71. The lowest BCUT2D eigenvalue weighted by Crippen LogP contribution is -2.56. The van der Waals surface area contributed by atoms with E-state index in [9.17, 15) is 24.3 Å². The van der Waals surface area contributed by atoms with E-state index in [2.05, 4.69) is 16.0 Å². The predicted molar refractivity (Wildman–Crippen MR) is 106 cm³/mol. The number of amides is 3. The number of carboxylic acid groups (broad SMARTS) is 1. The molecule has 6 N–H and O–H groups in total. The summed E-state index contributed by atoms with van der Waals surface area (Å²) in [6.45, 7) is 0.738. The Kier molecular flexibility index (Phi) is 8.60. The molecule has 1 fully saturated rings. The highest BCUT2D eigenvalue weighted by Crippen LogP contribution is 2.09. The first-order valence-electron chi connectivity index (χ1n) is 9.76. The lowest BCUT2D eigenvalue weighted by atomic mass is 10.0. The molecule has 0 bridgehead atoms. The van der Waals surface area contributed by atoms with Crippen LogP contribution in [0.15, 0.2) is 30.3 Å². The highest BCUT2D eigenvalue weighted by atomic mass is 16.4. The van der Waals surface area contributed by atoms with Gasteiger partial charge in [-0.2, -0.15) is 0 Å². The molecule has 2 rings (SSSR count). The van der Waals surface area contributed by atoms with Gasteiger partial charge in [-0.15, -0.1) is 0 Å². The lowest BCUT2D eigenvalue weighted by molar-refractivity contribution is -0.142. The molecule has 158 valence electrons. The van der Waals surface area contributed by atoms with Crippen LogP contribution in [0.4, 0.5) is 0 Å². The molecule has 1 saturated heterocycles. The minimum atomic E-state index is -1.27. The van der Waals surface area contributed by atoms with Crippen LogP contribution in [0.25, 0.3) is 0 Å². The summed E-state index contributed by atoms with van der Waals surface area (Å²) < 4.78 is 0. The summed E-state index contributed by atoms with van der Waals surface area (Å²) in [7, 11) is 0. The molecule has 3 atom stereocenters. The van der Waals surface area contributed by atoms with Crippen LogP contribution in [-0.2, 0) is 25.6 Å². The second-order valence-corrected chi connectivity index (χ2v) is 7.16. The first kappa shape index (κ1) is 22.4. The van der Waals surface area contributed by atoms with Crippen LogP contribution in [-0.4, -0.2) is 53.5 Å². The normalized spacial score (nSPS) is 18.3. The Balaban J connectivity index is 2.09. The number of carbonyl (C=O) groups is 4. The number of carbonyl (C=O) groups excluding carboxylic acids is 3. The SMILES string of the molecule is NC(=O)CC[C@H](NC(=O)[C@@H](Cc1ccccc1)NC(=O)[C@@H]1CCCCN1)C(=O)O. The van der Waals surface area contributed by atoms with Crippen LogP contribution in [0.1, 0.15) is 37.7 Å². The van der Waals surface area contributed by atoms with Gasteiger partial charge in [0.05, 0.1) is 6.04 Å². The van der Waals surface area contributed by atoms with Crippen LogP contribution in [0, 0.1) is 0 Å². The zero-order chi connectivity index (χ0) is 21.2. The minimum Gasteiger partial charge on any atom is -0.480 e. The molecule has 1 heterocycles. The first-order valence-corrected chi connectivity index (χ1v) is 9.76. The van der Waals surface area contributed by atoms with Gasteiger partial charge in [0.2, 0.25) is 17.7 Å². The topological polar surface area (TPSA) is 151 Å². The highest BCUT2D eigenvalue weighted by Gasteiger charge is 2.29. The zero-order valence-corrected chi connectivity index (χ0v) is 16.2. The Morgan fingerprint density at radius 1 is 1.10 bits per heavy atom. The maximum Gasteiger partial charge on any atom is 0.326 e. The number of rotatable bonds is 10. The van der Waals surface area contributed by atoms with Crippen molar-refractivity contribution >= 4 is 23.7 Å². The number of primary amides is 1. The fraction of sp³-hybridized carbons (Fsp3) is 0.500. The van der Waals surface area contributed by atoms with Gasteiger partial charge in [-0.3, -0.25) is 14.4 Å². The molecule has 1 aromatic carbocycles. The lowest BCUT2D eigenvalue weighted by Gasteiger charge is -2.26. The molecule has 9 nitrogen and oxygen atoms in total. The summed E-state index contributed by atoms with van der Waals surface area (Å²) in [5.74, 6) is -2.82. The van der Waals surface area contributed by atoms with Gasteiger partial charge in [0, 0.05) is 12.8 Å². The van der Waals surface area contributed by atoms with E-state index in [1.54, 1.807) is 0 Å². The number of aliphatic carboxylic acids is 1. The van der Waals surface area contributed by atoms with Crippen LogP contribution in [0.3, 0.4) is 0 Å². The van der Waals surface area contributed by atoms with Gasteiger partial charge in [-0.1, -0.05) is 36.8 Å². The van der Waals surface area contributed by atoms with Gasteiger partial charge in [-0.25, -0.2) is 4.79 Å². The number of carboxylic acids is 1. The van der Waals surface area contributed by atoms with Crippen molar-refractivity contribution in [3.63, 3.8) is 0 Å². The summed E-state index contributed by atoms with van der Waals surface area (Å²) in [5.41, 5.74) is 5.90. The van der Waals surface area contributed by atoms with Gasteiger partial charge in [-0.05, 0) is 31.4 Å². The predicted octanol–water partition coefficient (Wildman–Crippen LogP) is -0.309. The molecular weight excluding hydrogens is 376 g/mol. The van der Waals surface area contributed by atoms with E-state index in [-0.39, 0.29) is 31.2 Å². The molecule has 1 aliphatic heterocycles. The van der Waals surface area contributed by atoms with E-state index >= 15 is 0 Å². The van der Waals surface area contributed by atoms with Crippen molar-refractivity contribution in [1.82, 2.24) is 16.0 Å². The Morgan fingerprint density at radius 3 is 2.41 bits per heavy atom. The number of hydrogen-bond donors (Lipinski definition) is 5. The fourth-order valence-electron chi connectivity index (χ4n) is 3.22. The molecule has 0 aromatic heterocycles. The second-order valence-electron chi connectivity index (χ2n) is 7.16. The maximum absolute atomic E-state index is 12.8. The third-order valence-corrected chi connectivity index (χ3v) is 4.84. The first-order chi connectivity index (χ1) is 13.9. The summed E-state index contributed by atoms with van der Waals surface area (Å²) in [4.78, 5) is 47.8. The highest BCUT2D eigenvalue weighted by molar-refractivity contribution is 5.92. The Morgan fingerprint density at radius 2 is 1.83 bits per heavy atom. The Hall–Kier alpha value is -2.94.